The van der Waals surface area contributed by atoms with E-state index in [0.717, 1.165) is 0 Å². The largest absolute Gasteiger partial charge is 0.507 e. The fourth-order valence-corrected chi connectivity index (χ4v) is 1.55. The summed E-state index contributed by atoms with van der Waals surface area (Å²) in [4.78, 5) is 13.7. The van der Waals surface area contributed by atoms with E-state index in [1.165, 1.54) is 24.1 Å². The number of likely N-dealkylation sites (N-methyl/N-ethyl adjacent to an activating group) is 1. The number of rotatable bonds is 6. The van der Waals surface area contributed by atoms with E-state index in [-0.39, 0.29) is 23.3 Å². The van der Waals surface area contributed by atoms with Crippen LogP contribution in [0, 0.1) is 0 Å². The number of hydrogen-bond acceptors (Lipinski definition) is 4. The molecule has 1 N–H and O–H groups in total. The molecular formula is C14H21NO4. The maximum Gasteiger partial charge on any atom is 0.257 e. The zero-order valence-electron chi connectivity index (χ0n) is 11.8. The second kappa shape index (κ2) is 6.99. The lowest BCUT2D eigenvalue weighted by Crippen LogP contribution is -2.30. The Morgan fingerprint density at radius 2 is 2.11 bits per heavy atom. The van der Waals surface area contributed by atoms with Crippen LogP contribution in [0.25, 0.3) is 0 Å². The summed E-state index contributed by atoms with van der Waals surface area (Å²) in [5.41, 5.74) is 0.228. The van der Waals surface area contributed by atoms with Crippen molar-refractivity contribution in [3.8, 4) is 11.5 Å². The first-order valence-electron chi connectivity index (χ1n) is 6.19. The maximum atomic E-state index is 12.2. The molecule has 5 nitrogen and oxygen atoms in total. The third-order valence-electron chi connectivity index (χ3n) is 2.66. The predicted molar refractivity (Wildman–Crippen MR) is 72.7 cm³/mol. The van der Waals surface area contributed by atoms with E-state index >= 15 is 0 Å². The molecule has 0 aliphatic carbocycles. The molecule has 0 saturated heterocycles. The van der Waals surface area contributed by atoms with Crippen LogP contribution in [0.4, 0.5) is 0 Å². The molecule has 0 spiro atoms. The van der Waals surface area contributed by atoms with Gasteiger partial charge in [0.1, 0.15) is 11.5 Å². The third kappa shape index (κ3) is 4.44. The minimum absolute atomic E-state index is 0.0533. The molecule has 0 bridgehead atoms. The Morgan fingerprint density at radius 3 is 2.68 bits per heavy atom. The molecule has 0 saturated carbocycles. The quantitative estimate of drug-likeness (QED) is 0.855. The summed E-state index contributed by atoms with van der Waals surface area (Å²) in [7, 11) is 3.19. The van der Waals surface area contributed by atoms with Crippen LogP contribution >= 0.6 is 0 Å². The Hall–Kier alpha value is -1.75. The fourth-order valence-electron chi connectivity index (χ4n) is 1.55. The molecule has 0 radical (unpaired) electrons. The Kier molecular flexibility index (Phi) is 5.63. The number of phenols is 1. The van der Waals surface area contributed by atoms with Crippen LogP contribution in [-0.2, 0) is 4.74 Å². The highest BCUT2D eigenvalue weighted by Crippen LogP contribution is 2.23. The zero-order chi connectivity index (χ0) is 14.4. The molecule has 0 heterocycles. The van der Waals surface area contributed by atoms with Crippen LogP contribution in [-0.4, -0.2) is 49.3 Å². The van der Waals surface area contributed by atoms with Gasteiger partial charge in [0, 0.05) is 13.6 Å². The third-order valence-corrected chi connectivity index (χ3v) is 2.66. The van der Waals surface area contributed by atoms with Gasteiger partial charge in [0.2, 0.25) is 0 Å². The number of carbonyl (C=O) groups excluding carboxylic acids is 1. The molecule has 19 heavy (non-hydrogen) atoms. The van der Waals surface area contributed by atoms with Crippen molar-refractivity contribution in [2.24, 2.45) is 0 Å². The van der Waals surface area contributed by atoms with E-state index in [9.17, 15) is 9.90 Å². The van der Waals surface area contributed by atoms with Gasteiger partial charge in [0.15, 0.2) is 0 Å². The summed E-state index contributed by atoms with van der Waals surface area (Å²) in [6.07, 6.45) is 0.133. The average molecular weight is 267 g/mol. The van der Waals surface area contributed by atoms with Gasteiger partial charge in [-0.15, -0.1) is 0 Å². The minimum atomic E-state index is -0.260. The maximum absolute atomic E-state index is 12.2. The standard InChI is InChI=1S/C14H21NO4/c1-10(2)19-8-7-15(3)14(17)12-9-11(18-4)5-6-13(12)16/h5-6,9-10,16H,7-8H2,1-4H3. The lowest BCUT2D eigenvalue weighted by atomic mass is 10.1. The number of carbonyl (C=O) groups is 1. The minimum Gasteiger partial charge on any atom is -0.507 e. The summed E-state index contributed by atoms with van der Waals surface area (Å²) in [5, 5.41) is 9.73. The number of ether oxygens (including phenoxy) is 2. The number of hydrogen-bond donors (Lipinski definition) is 1. The highest BCUT2D eigenvalue weighted by Gasteiger charge is 2.16. The first kappa shape index (κ1) is 15.3. The van der Waals surface area contributed by atoms with Crippen molar-refractivity contribution < 1.29 is 19.4 Å². The molecule has 1 aromatic rings. The molecule has 0 aliphatic rings. The van der Waals surface area contributed by atoms with Gasteiger partial charge in [0.05, 0.1) is 25.4 Å². The van der Waals surface area contributed by atoms with Gasteiger partial charge in [0.25, 0.3) is 5.91 Å². The molecule has 0 aromatic heterocycles. The van der Waals surface area contributed by atoms with Gasteiger partial charge in [-0.25, -0.2) is 0 Å². The van der Waals surface area contributed by atoms with Crippen molar-refractivity contribution in [1.82, 2.24) is 4.90 Å². The summed E-state index contributed by atoms with van der Waals surface area (Å²) in [6.45, 7) is 4.81. The molecule has 5 heteroatoms. The molecule has 1 amide bonds. The van der Waals surface area contributed by atoms with E-state index in [0.29, 0.717) is 18.9 Å². The highest BCUT2D eigenvalue weighted by atomic mass is 16.5. The molecular weight excluding hydrogens is 246 g/mol. The van der Waals surface area contributed by atoms with Crippen molar-refractivity contribution in [1.29, 1.82) is 0 Å². The van der Waals surface area contributed by atoms with E-state index in [4.69, 9.17) is 9.47 Å². The van der Waals surface area contributed by atoms with Crippen LogP contribution < -0.4 is 4.74 Å². The Bertz CT molecular complexity index is 431. The topological polar surface area (TPSA) is 59.0 Å². The van der Waals surface area contributed by atoms with Gasteiger partial charge in [-0.3, -0.25) is 4.79 Å². The number of amides is 1. The molecule has 0 aliphatic heterocycles. The summed E-state index contributed by atoms with van der Waals surface area (Å²) in [5.74, 6) is 0.221. The summed E-state index contributed by atoms with van der Waals surface area (Å²) < 4.78 is 10.4. The lowest BCUT2D eigenvalue weighted by molar-refractivity contribution is 0.0530. The van der Waals surface area contributed by atoms with Crippen molar-refractivity contribution in [3.63, 3.8) is 0 Å². The van der Waals surface area contributed by atoms with E-state index in [1.54, 1.807) is 13.1 Å². The highest BCUT2D eigenvalue weighted by molar-refractivity contribution is 5.97. The molecule has 0 fully saturated rings. The second-order valence-corrected chi connectivity index (χ2v) is 4.53. The van der Waals surface area contributed by atoms with Gasteiger partial charge in [-0.2, -0.15) is 0 Å². The SMILES string of the molecule is COc1ccc(O)c(C(=O)N(C)CCOC(C)C)c1. The molecule has 0 unspecified atom stereocenters. The molecule has 1 aromatic carbocycles. The zero-order valence-corrected chi connectivity index (χ0v) is 11.8. The number of nitrogens with zero attached hydrogens (tertiary/aromatic N) is 1. The first-order chi connectivity index (χ1) is 8.95. The van der Waals surface area contributed by atoms with Gasteiger partial charge in [-0.1, -0.05) is 0 Å². The number of methoxy groups -OCH3 is 1. The Balaban J connectivity index is 2.70. The monoisotopic (exact) mass is 267 g/mol. The van der Waals surface area contributed by atoms with Crippen LogP contribution in [0.1, 0.15) is 24.2 Å². The van der Waals surface area contributed by atoms with Gasteiger partial charge < -0.3 is 19.5 Å². The van der Waals surface area contributed by atoms with Gasteiger partial charge in [-0.05, 0) is 32.0 Å². The van der Waals surface area contributed by atoms with Crippen molar-refractivity contribution in [2.45, 2.75) is 20.0 Å². The summed E-state index contributed by atoms with van der Waals surface area (Å²) in [6, 6.07) is 4.58. The van der Waals surface area contributed by atoms with Crippen molar-refractivity contribution in [3.05, 3.63) is 23.8 Å². The van der Waals surface area contributed by atoms with Crippen LogP contribution in [0.15, 0.2) is 18.2 Å². The van der Waals surface area contributed by atoms with E-state index in [2.05, 4.69) is 0 Å². The van der Waals surface area contributed by atoms with Crippen molar-refractivity contribution >= 4 is 5.91 Å². The second-order valence-electron chi connectivity index (χ2n) is 4.53. The number of benzene rings is 1. The summed E-state index contributed by atoms with van der Waals surface area (Å²) >= 11 is 0. The molecule has 0 atom stereocenters. The number of phenolic OH excluding ortho intramolecular Hbond substituents is 1. The normalized spacial score (nSPS) is 10.6. The fraction of sp³-hybridized carbons (Fsp3) is 0.500. The Morgan fingerprint density at radius 1 is 1.42 bits per heavy atom. The Labute approximate surface area is 113 Å². The smallest absolute Gasteiger partial charge is 0.257 e. The predicted octanol–water partition coefficient (Wildman–Crippen LogP) is 1.90. The van der Waals surface area contributed by atoms with E-state index in [1.807, 2.05) is 13.8 Å². The van der Waals surface area contributed by atoms with Gasteiger partial charge >= 0.3 is 0 Å². The van der Waals surface area contributed by atoms with Crippen LogP contribution in [0.5, 0.6) is 11.5 Å². The van der Waals surface area contributed by atoms with Crippen LogP contribution in [0.3, 0.4) is 0 Å². The lowest BCUT2D eigenvalue weighted by Gasteiger charge is -2.19. The first-order valence-corrected chi connectivity index (χ1v) is 6.19. The van der Waals surface area contributed by atoms with Crippen molar-refractivity contribution in [2.75, 3.05) is 27.3 Å². The van der Waals surface area contributed by atoms with Crippen LogP contribution in [0.2, 0.25) is 0 Å². The average Bonchev–Trinajstić information content (AvgIpc) is 2.38. The van der Waals surface area contributed by atoms with E-state index < -0.39 is 0 Å². The number of aromatic hydroxyl groups is 1. The molecule has 106 valence electrons. The molecule has 1 rings (SSSR count).